The van der Waals surface area contributed by atoms with Crippen molar-refractivity contribution >= 4 is 15.9 Å². The van der Waals surface area contributed by atoms with Crippen molar-refractivity contribution in [2.24, 2.45) is 5.73 Å². The van der Waals surface area contributed by atoms with Gasteiger partial charge in [-0.1, -0.05) is 15.9 Å². The molecule has 4 nitrogen and oxygen atoms in total. The number of hydrogen-bond acceptors (Lipinski definition) is 3. The van der Waals surface area contributed by atoms with E-state index in [1.165, 1.54) is 0 Å². The fourth-order valence-electron chi connectivity index (χ4n) is 1.76. The molecule has 1 unspecified atom stereocenters. The molecule has 0 fully saturated rings. The zero-order chi connectivity index (χ0) is 13.7. The first-order chi connectivity index (χ1) is 9.13. The van der Waals surface area contributed by atoms with Crippen LogP contribution in [-0.2, 0) is 13.0 Å². The molecule has 19 heavy (non-hydrogen) atoms. The van der Waals surface area contributed by atoms with E-state index in [0.29, 0.717) is 6.61 Å². The average molecular weight is 324 g/mol. The van der Waals surface area contributed by atoms with E-state index in [-0.39, 0.29) is 6.04 Å². The number of imidazole rings is 1. The van der Waals surface area contributed by atoms with Crippen LogP contribution in [0.2, 0.25) is 0 Å². The van der Waals surface area contributed by atoms with Gasteiger partial charge < -0.3 is 15.0 Å². The number of halogens is 1. The summed E-state index contributed by atoms with van der Waals surface area (Å²) in [5.41, 5.74) is 6.77. The normalized spacial score (nSPS) is 12.4. The van der Waals surface area contributed by atoms with Gasteiger partial charge in [-0.2, -0.15) is 0 Å². The number of rotatable bonds is 6. The van der Waals surface area contributed by atoms with Gasteiger partial charge in [0.05, 0.1) is 18.6 Å². The van der Waals surface area contributed by atoms with Crippen LogP contribution < -0.4 is 10.5 Å². The highest BCUT2D eigenvalue weighted by Crippen LogP contribution is 2.16. The minimum Gasteiger partial charge on any atom is -0.492 e. The quantitative estimate of drug-likeness (QED) is 0.889. The molecule has 0 saturated carbocycles. The van der Waals surface area contributed by atoms with Crippen molar-refractivity contribution in [2.75, 3.05) is 6.61 Å². The maximum atomic E-state index is 5.74. The molecular formula is C14H18BrN3O. The van der Waals surface area contributed by atoms with Crippen LogP contribution in [0.5, 0.6) is 5.75 Å². The van der Waals surface area contributed by atoms with Gasteiger partial charge in [-0.15, -0.1) is 0 Å². The summed E-state index contributed by atoms with van der Waals surface area (Å²) in [5.74, 6) is 0.874. The van der Waals surface area contributed by atoms with E-state index < -0.39 is 0 Å². The van der Waals surface area contributed by atoms with Gasteiger partial charge in [0, 0.05) is 23.1 Å². The molecule has 0 bridgehead atoms. The standard InChI is InChI=1S/C14H18BrN3O/c1-11(16)8-13-9-18(10-17-13)6-7-19-14-4-2-12(15)3-5-14/h2-5,9-11H,6-8,16H2,1H3. The molecule has 1 aromatic heterocycles. The molecule has 2 aromatic rings. The minimum atomic E-state index is 0.141. The van der Waals surface area contributed by atoms with Crippen LogP contribution in [0.1, 0.15) is 12.6 Å². The maximum absolute atomic E-state index is 5.74. The lowest BCUT2D eigenvalue weighted by molar-refractivity contribution is 0.298. The number of nitrogens with zero attached hydrogens (tertiary/aromatic N) is 2. The molecule has 1 atom stereocenters. The Labute approximate surface area is 121 Å². The number of benzene rings is 1. The lowest BCUT2D eigenvalue weighted by Gasteiger charge is -2.06. The molecular weight excluding hydrogens is 306 g/mol. The van der Waals surface area contributed by atoms with Crippen molar-refractivity contribution in [1.29, 1.82) is 0 Å². The summed E-state index contributed by atoms with van der Waals surface area (Å²) in [6.45, 7) is 3.38. The Morgan fingerprint density at radius 1 is 1.37 bits per heavy atom. The van der Waals surface area contributed by atoms with E-state index in [1.807, 2.05) is 48.3 Å². The van der Waals surface area contributed by atoms with E-state index in [1.54, 1.807) is 0 Å². The Balaban J connectivity index is 1.79. The van der Waals surface area contributed by atoms with Crippen molar-refractivity contribution in [2.45, 2.75) is 25.9 Å². The molecule has 0 aliphatic heterocycles. The van der Waals surface area contributed by atoms with Crippen molar-refractivity contribution in [3.8, 4) is 5.75 Å². The lowest BCUT2D eigenvalue weighted by Crippen LogP contribution is -2.17. The van der Waals surface area contributed by atoms with Crippen molar-refractivity contribution in [1.82, 2.24) is 9.55 Å². The summed E-state index contributed by atoms with van der Waals surface area (Å²) in [5, 5.41) is 0. The maximum Gasteiger partial charge on any atom is 0.119 e. The van der Waals surface area contributed by atoms with E-state index in [2.05, 4.69) is 20.9 Å². The zero-order valence-corrected chi connectivity index (χ0v) is 12.5. The summed E-state index contributed by atoms with van der Waals surface area (Å²) >= 11 is 3.39. The predicted molar refractivity (Wildman–Crippen MR) is 79.2 cm³/mol. The number of aromatic nitrogens is 2. The molecule has 0 radical (unpaired) electrons. The van der Waals surface area contributed by atoms with Gasteiger partial charge in [0.15, 0.2) is 0 Å². The second-order valence-corrected chi connectivity index (χ2v) is 5.50. The third-order valence-electron chi connectivity index (χ3n) is 2.65. The molecule has 0 spiro atoms. The van der Waals surface area contributed by atoms with Gasteiger partial charge in [-0.05, 0) is 31.2 Å². The SMILES string of the molecule is CC(N)Cc1cn(CCOc2ccc(Br)cc2)cn1. The number of nitrogens with two attached hydrogens (primary N) is 1. The first kappa shape index (κ1) is 14.1. The molecule has 2 N–H and O–H groups in total. The van der Waals surface area contributed by atoms with Crippen LogP contribution in [0, 0.1) is 0 Å². The molecule has 0 aliphatic rings. The lowest BCUT2D eigenvalue weighted by atomic mass is 10.2. The van der Waals surface area contributed by atoms with Gasteiger partial charge in [0.2, 0.25) is 0 Å². The Hall–Kier alpha value is -1.33. The van der Waals surface area contributed by atoms with E-state index in [4.69, 9.17) is 10.5 Å². The van der Waals surface area contributed by atoms with Crippen LogP contribution >= 0.6 is 15.9 Å². The second kappa shape index (κ2) is 6.73. The summed E-state index contributed by atoms with van der Waals surface area (Å²) in [4.78, 5) is 4.31. The van der Waals surface area contributed by atoms with Crippen molar-refractivity contribution in [3.05, 3.63) is 47.0 Å². The molecule has 0 aliphatic carbocycles. The molecule has 1 aromatic carbocycles. The summed E-state index contributed by atoms with van der Waals surface area (Å²) in [6, 6.07) is 7.96. The highest BCUT2D eigenvalue weighted by Gasteiger charge is 2.02. The average Bonchev–Trinajstić information content (AvgIpc) is 2.78. The Morgan fingerprint density at radius 2 is 2.11 bits per heavy atom. The van der Waals surface area contributed by atoms with Crippen LogP contribution in [-0.4, -0.2) is 22.2 Å². The largest absolute Gasteiger partial charge is 0.492 e. The Bertz CT molecular complexity index is 508. The van der Waals surface area contributed by atoms with Crippen LogP contribution in [0.25, 0.3) is 0 Å². The summed E-state index contributed by atoms with van der Waals surface area (Å²) in [7, 11) is 0. The molecule has 102 valence electrons. The molecule has 1 heterocycles. The summed E-state index contributed by atoms with van der Waals surface area (Å²) < 4.78 is 8.74. The number of hydrogen-bond donors (Lipinski definition) is 1. The van der Waals surface area contributed by atoms with E-state index in [0.717, 1.165) is 28.9 Å². The third-order valence-corrected chi connectivity index (χ3v) is 3.18. The highest BCUT2D eigenvalue weighted by atomic mass is 79.9. The topological polar surface area (TPSA) is 53.1 Å². The minimum absolute atomic E-state index is 0.141. The van der Waals surface area contributed by atoms with Gasteiger partial charge in [0.25, 0.3) is 0 Å². The van der Waals surface area contributed by atoms with Crippen LogP contribution in [0.3, 0.4) is 0 Å². The highest BCUT2D eigenvalue weighted by molar-refractivity contribution is 9.10. The fraction of sp³-hybridized carbons (Fsp3) is 0.357. The first-order valence-electron chi connectivity index (χ1n) is 6.28. The van der Waals surface area contributed by atoms with E-state index in [9.17, 15) is 0 Å². The second-order valence-electron chi connectivity index (χ2n) is 4.59. The monoisotopic (exact) mass is 323 g/mol. The van der Waals surface area contributed by atoms with E-state index >= 15 is 0 Å². The molecule has 0 saturated heterocycles. The Morgan fingerprint density at radius 3 is 2.79 bits per heavy atom. The third kappa shape index (κ3) is 4.69. The van der Waals surface area contributed by atoms with Crippen LogP contribution in [0.4, 0.5) is 0 Å². The first-order valence-corrected chi connectivity index (χ1v) is 7.07. The summed E-state index contributed by atoms with van der Waals surface area (Å²) in [6.07, 6.45) is 4.65. The molecule has 2 rings (SSSR count). The predicted octanol–water partition coefficient (Wildman–Crippen LogP) is 2.61. The van der Waals surface area contributed by atoms with Crippen molar-refractivity contribution < 1.29 is 4.74 Å². The van der Waals surface area contributed by atoms with Gasteiger partial charge in [0.1, 0.15) is 12.4 Å². The molecule has 0 amide bonds. The van der Waals surface area contributed by atoms with Gasteiger partial charge in [-0.25, -0.2) is 4.98 Å². The van der Waals surface area contributed by atoms with Crippen LogP contribution in [0.15, 0.2) is 41.3 Å². The fourth-order valence-corrected chi connectivity index (χ4v) is 2.03. The Kier molecular flexibility index (Phi) is 4.99. The van der Waals surface area contributed by atoms with Crippen molar-refractivity contribution in [3.63, 3.8) is 0 Å². The molecule has 5 heteroatoms. The van der Waals surface area contributed by atoms with Gasteiger partial charge >= 0.3 is 0 Å². The smallest absolute Gasteiger partial charge is 0.119 e. The zero-order valence-electron chi connectivity index (χ0n) is 10.9. The number of ether oxygens (including phenoxy) is 1. The van der Waals surface area contributed by atoms with Gasteiger partial charge in [-0.3, -0.25) is 0 Å².